The normalized spacial score (nSPS) is 15.3. The Morgan fingerprint density at radius 3 is 1.45 bits per heavy atom. The fourth-order valence-electron chi connectivity index (χ4n) is 0.951. The van der Waals surface area contributed by atoms with Crippen molar-refractivity contribution in [2.45, 2.75) is 39.9 Å². The van der Waals surface area contributed by atoms with E-state index in [9.17, 15) is 0 Å². The zero-order valence-corrected chi connectivity index (χ0v) is 17.9. The van der Waals surface area contributed by atoms with Gasteiger partial charge in [0.05, 0.1) is 0 Å². The maximum Gasteiger partial charge on any atom is 2.00 e. The molecule has 0 aromatic heterocycles. The predicted molar refractivity (Wildman–Crippen MR) is 84.8 cm³/mol. The molecule has 2 nitrogen and oxygen atoms in total. The number of hydrogen-bond acceptors (Lipinski definition) is 3. The summed E-state index contributed by atoms with van der Waals surface area (Å²) >= 11 is 4.62. The van der Waals surface area contributed by atoms with E-state index in [4.69, 9.17) is 11.5 Å². The summed E-state index contributed by atoms with van der Waals surface area (Å²) in [5, 5.41) is 0.417. The van der Waals surface area contributed by atoms with Gasteiger partial charge in [-0.25, -0.2) is 0 Å². The zero-order chi connectivity index (χ0) is 14.6. The van der Waals surface area contributed by atoms with Gasteiger partial charge < -0.3 is 48.1 Å². The number of rotatable bonds is 2. The largest absolute Gasteiger partial charge is 2.00 e. The van der Waals surface area contributed by atoms with Gasteiger partial charge in [-0.1, -0.05) is 34.6 Å². The Bertz CT molecular complexity index is 159. The summed E-state index contributed by atoms with van der Waals surface area (Å²) in [7, 11) is 0. The van der Waals surface area contributed by atoms with Crippen molar-refractivity contribution in [3.63, 3.8) is 0 Å². The Hall–Kier alpha value is 1.62. The van der Waals surface area contributed by atoms with E-state index in [0.29, 0.717) is 24.3 Å². The molecule has 0 aromatic carbocycles. The number of hydrogen-bond donors (Lipinski definition) is 2. The van der Waals surface area contributed by atoms with Crippen LogP contribution in [0.15, 0.2) is 0 Å². The van der Waals surface area contributed by atoms with E-state index in [2.05, 4.69) is 59.1 Å². The monoisotopic (exact) mass is 498 g/mol. The van der Waals surface area contributed by atoms with Gasteiger partial charge in [0.15, 0.2) is 0 Å². The second kappa shape index (κ2) is 20.6. The zero-order valence-electron chi connectivity index (χ0n) is 13.2. The first-order valence-corrected chi connectivity index (χ1v) is 6.94. The Morgan fingerprint density at radius 1 is 0.950 bits per heavy atom. The van der Waals surface area contributed by atoms with Crippen molar-refractivity contribution in [1.29, 1.82) is 0 Å². The molecule has 0 atom stereocenters. The van der Waals surface area contributed by atoms with Crippen LogP contribution in [0, 0.1) is 43.4 Å². The van der Waals surface area contributed by atoms with Gasteiger partial charge in [0.25, 0.3) is 0 Å². The van der Waals surface area contributed by atoms with Gasteiger partial charge in [0.2, 0.25) is 0 Å². The van der Waals surface area contributed by atoms with Crippen LogP contribution in [-0.2, 0) is 32.1 Å². The second-order valence-electron chi connectivity index (χ2n) is 4.69. The molecule has 0 amide bonds. The predicted octanol–water partition coefficient (Wildman–Crippen LogP) is -0.511. The topological polar surface area (TPSA) is 52.0 Å². The first kappa shape index (κ1) is 29.6. The van der Waals surface area contributed by atoms with Crippen molar-refractivity contribution in [3.8, 4) is 0 Å². The minimum atomic E-state index is 0. The van der Waals surface area contributed by atoms with Gasteiger partial charge in [-0.3, -0.25) is 0 Å². The van der Waals surface area contributed by atoms with Crippen LogP contribution in [0.25, 0.3) is 0 Å². The summed E-state index contributed by atoms with van der Waals surface area (Å²) in [6.07, 6.45) is 8.71. The number of halogens is 1. The Labute approximate surface area is 163 Å². The number of nitrogens with two attached hydrogens (primary N) is 2. The van der Waals surface area contributed by atoms with Gasteiger partial charge in [-0.2, -0.15) is 5.25 Å². The second-order valence-corrected chi connectivity index (χ2v) is 5.63. The average Bonchev–Trinajstić information content (AvgIpc) is 2.29. The molecule has 0 aliphatic heterocycles. The standard InChI is InChI=1S/C10H14.C3H8S.C2H8N2.HI.Ru/c1-8(2)10-6-4-9(3)5-7-10;1-3(2)4;3-1-2-4;;/h4-8H,1-3H3;3-4H,1-2H3;1-4H2;1H;/q;;;;+2/p-2. The van der Waals surface area contributed by atoms with Crippen LogP contribution in [0.4, 0.5) is 0 Å². The van der Waals surface area contributed by atoms with Crippen LogP contribution in [0.5, 0.6) is 0 Å². The van der Waals surface area contributed by atoms with E-state index in [-0.39, 0.29) is 43.5 Å². The van der Waals surface area contributed by atoms with Crippen molar-refractivity contribution in [2.24, 2.45) is 17.4 Å². The molecule has 5 heteroatoms. The fourth-order valence-corrected chi connectivity index (χ4v) is 0.951. The Morgan fingerprint density at radius 2 is 1.25 bits per heavy atom. The van der Waals surface area contributed by atoms with Crippen LogP contribution in [0.2, 0.25) is 0 Å². The van der Waals surface area contributed by atoms with Gasteiger partial charge >= 0.3 is 19.5 Å². The molecular weight excluding hydrogens is 468 g/mol. The molecular formula is C15H29IN2RuS. The summed E-state index contributed by atoms with van der Waals surface area (Å²) in [6, 6.07) is 0. The maximum absolute atomic E-state index is 4.90. The fraction of sp³-hybridized carbons (Fsp3) is 0.600. The molecule has 0 spiro atoms. The maximum atomic E-state index is 4.90. The van der Waals surface area contributed by atoms with E-state index in [1.807, 2.05) is 13.8 Å². The van der Waals surface area contributed by atoms with Gasteiger partial charge in [0.1, 0.15) is 0 Å². The SMILES string of the molecule is CC(C)[S-].C[C]1[CH][CH][C](C(C)C)[CH][CH]1.NCCN.[I-].[Ru+2]. The average molecular weight is 497 g/mol. The Balaban J connectivity index is -0.000000110. The third-order valence-electron chi connectivity index (χ3n) is 1.91. The molecule has 1 rings (SSSR count). The van der Waals surface area contributed by atoms with E-state index in [0.717, 1.165) is 0 Å². The molecule has 1 saturated carbocycles. The van der Waals surface area contributed by atoms with E-state index < -0.39 is 0 Å². The minimum absolute atomic E-state index is 0. The molecule has 0 heterocycles. The molecule has 1 aliphatic rings. The van der Waals surface area contributed by atoms with Crippen molar-refractivity contribution >= 4 is 12.6 Å². The van der Waals surface area contributed by atoms with Crippen LogP contribution >= 0.6 is 0 Å². The molecule has 0 aromatic rings. The molecule has 6 radical (unpaired) electrons. The minimum Gasteiger partial charge on any atom is -1.00 e. The first-order valence-electron chi connectivity index (χ1n) is 6.47. The Kier molecular flexibility index (Phi) is 30.5. The van der Waals surface area contributed by atoms with Gasteiger partial charge in [-0.05, 0) is 43.4 Å². The van der Waals surface area contributed by atoms with Crippen molar-refractivity contribution in [3.05, 3.63) is 37.5 Å². The molecule has 0 saturated heterocycles. The van der Waals surface area contributed by atoms with Crippen LogP contribution in [0.1, 0.15) is 34.6 Å². The third kappa shape index (κ3) is 24.6. The first-order chi connectivity index (χ1) is 8.34. The molecule has 1 fully saturated rings. The molecule has 0 bridgehead atoms. The molecule has 120 valence electrons. The molecule has 0 unspecified atom stereocenters. The van der Waals surface area contributed by atoms with Crippen molar-refractivity contribution in [1.82, 2.24) is 0 Å². The van der Waals surface area contributed by atoms with E-state index in [1.54, 1.807) is 0 Å². The summed E-state index contributed by atoms with van der Waals surface area (Å²) in [5.41, 5.74) is 9.81. The van der Waals surface area contributed by atoms with Gasteiger partial charge in [0, 0.05) is 13.1 Å². The van der Waals surface area contributed by atoms with Crippen LogP contribution < -0.4 is 35.4 Å². The molecule has 20 heavy (non-hydrogen) atoms. The molecule has 4 N–H and O–H groups in total. The summed E-state index contributed by atoms with van der Waals surface area (Å²) < 4.78 is 0. The van der Waals surface area contributed by atoms with Gasteiger partial charge in [-0.15, -0.1) is 0 Å². The van der Waals surface area contributed by atoms with Crippen molar-refractivity contribution in [2.75, 3.05) is 13.1 Å². The third-order valence-corrected chi connectivity index (χ3v) is 1.91. The van der Waals surface area contributed by atoms with E-state index in [1.165, 1.54) is 11.8 Å². The quantitative estimate of drug-likeness (QED) is 0.307. The summed E-state index contributed by atoms with van der Waals surface area (Å²) in [5.74, 6) is 3.41. The van der Waals surface area contributed by atoms with E-state index >= 15 is 0 Å². The smallest absolute Gasteiger partial charge is 1.00 e. The van der Waals surface area contributed by atoms with Crippen LogP contribution in [-0.4, -0.2) is 18.3 Å². The molecule has 1 aliphatic carbocycles. The van der Waals surface area contributed by atoms with Crippen LogP contribution in [0.3, 0.4) is 0 Å². The summed E-state index contributed by atoms with van der Waals surface area (Å²) in [6.45, 7) is 11.7. The summed E-state index contributed by atoms with van der Waals surface area (Å²) in [4.78, 5) is 0. The van der Waals surface area contributed by atoms with Crippen molar-refractivity contribution < 1.29 is 43.5 Å².